The summed E-state index contributed by atoms with van der Waals surface area (Å²) in [7, 11) is 0. The van der Waals surface area contributed by atoms with Crippen LogP contribution in [0.2, 0.25) is 0 Å². The minimum Gasteiger partial charge on any atom is -0.445 e. The van der Waals surface area contributed by atoms with Crippen LogP contribution in [0.1, 0.15) is 41.1 Å². The summed E-state index contributed by atoms with van der Waals surface area (Å²) in [5, 5.41) is 12.2. The first-order valence-electron chi connectivity index (χ1n) is 14.0. The van der Waals surface area contributed by atoms with E-state index < -0.39 is 12.4 Å². The van der Waals surface area contributed by atoms with Gasteiger partial charge in [0.25, 0.3) is 0 Å². The number of benzene rings is 4. The molecule has 42 heavy (non-hydrogen) atoms. The van der Waals surface area contributed by atoms with Crippen molar-refractivity contribution in [3.63, 3.8) is 0 Å². The molecule has 216 valence electrons. The van der Waals surface area contributed by atoms with Crippen LogP contribution in [0.25, 0.3) is 11.1 Å². The lowest BCUT2D eigenvalue weighted by Crippen LogP contribution is -2.31. The van der Waals surface area contributed by atoms with E-state index in [1.165, 1.54) is 11.0 Å². The smallest absolute Gasteiger partial charge is 0.407 e. The second-order valence-electron chi connectivity index (χ2n) is 10.0. The Hall–Kier alpha value is -3.88. The largest absolute Gasteiger partial charge is 0.445 e. The molecule has 0 aliphatic carbocycles. The maximum atomic E-state index is 11.8. The summed E-state index contributed by atoms with van der Waals surface area (Å²) in [6, 6.07) is 34.6. The molecule has 1 saturated heterocycles. The molecule has 3 unspecified atom stereocenters. The fourth-order valence-electron chi connectivity index (χ4n) is 4.78. The monoisotopic (exact) mass is 581 g/mol. The van der Waals surface area contributed by atoms with E-state index in [1.54, 1.807) is 11.8 Å². The maximum absolute atomic E-state index is 11.8. The Balaban J connectivity index is 1.29. The quantitative estimate of drug-likeness (QED) is 0.140. The molecule has 1 heterocycles. The highest BCUT2D eigenvalue weighted by molar-refractivity contribution is 7.99. The average molecular weight is 582 g/mol. The topological polar surface area (TPSA) is 77.0 Å². The van der Waals surface area contributed by atoms with Crippen molar-refractivity contribution in [2.24, 2.45) is 0 Å². The molecule has 1 fully saturated rings. The van der Waals surface area contributed by atoms with Gasteiger partial charge in [0.15, 0.2) is 6.29 Å². The third-order valence-electron chi connectivity index (χ3n) is 7.01. The minimum absolute atomic E-state index is 0.00139. The fraction of sp³-hybridized carbons (Fsp3) is 0.229. The lowest BCUT2D eigenvalue weighted by atomic mass is 9.99. The molecular weight excluding hydrogens is 546 g/mol. The predicted molar refractivity (Wildman–Crippen MR) is 166 cm³/mol. The lowest BCUT2D eigenvalue weighted by Gasteiger charge is -2.36. The second kappa shape index (κ2) is 14.8. The Morgan fingerprint density at radius 1 is 0.905 bits per heavy atom. The SMILES string of the molecule is C=CCOC(=O)NCc1cccc(-c2ccc(C3OC(CSc4ccccc4)CC(c4ccc(CO)cc4)O3)cc2)c1. The number of nitrogens with one attached hydrogen (secondary N) is 1. The Morgan fingerprint density at radius 2 is 1.67 bits per heavy atom. The van der Waals surface area contributed by atoms with E-state index in [0.717, 1.165) is 45.6 Å². The van der Waals surface area contributed by atoms with Crippen LogP contribution in [0, 0.1) is 0 Å². The summed E-state index contributed by atoms with van der Waals surface area (Å²) in [5.41, 5.74) is 5.97. The summed E-state index contributed by atoms with van der Waals surface area (Å²) in [6.45, 7) is 4.11. The molecule has 0 saturated carbocycles. The Morgan fingerprint density at radius 3 is 2.40 bits per heavy atom. The van der Waals surface area contributed by atoms with Gasteiger partial charge in [-0.3, -0.25) is 0 Å². The maximum Gasteiger partial charge on any atom is 0.407 e. The van der Waals surface area contributed by atoms with E-state index in [2.05, 4.69) is 54.4 Å². The number of hydrogen-bond donors (Lipinski definition) is 2. The minimum atomic E-state index is -0.506. The van der Waals surface area contributed by atoms with Crippen molar-refractivity contribution in [3.05, 3.63) is 138 Å². The molecule has 7 heteroatoms. The lowest BCUT2D eigenvalue weighted by molar-refractivity contribution is -0.245. The van der Waals surface area contributed by atoms with Gasteiger partial charge in [-0.2, -0.15) is 0 Å². The van der Waals surface area contributed by atoms with Crippen molar-refractivity contribution in [2.75, 3.05) is 12.4 Å². The van der Waals surface area contributed by atoms with Crippen LogP contribution in [0.3, 0.4) is 0 Å². The summed E-state index contributed by atoms with van der Waals surface area (Å²) < 4.78 is 18.0. The Kier molecular flexibility index (Phi) is 10.5. The number of carbonyl (C=O) groups is 1. The fourth-order valence-corrected chi connectivity index (χ4v) is 5.72. The van der Waals surface area contributed by atoms with Crippen molar-refractivity contribution in [1.29, 1.82) is 0 Å². The van der Waals surface area contributed by atoms with Crippen LogP contribution in [-0.2, 0) is 27.4 Å². The Bertz CT molecular complexity index is 1440. The van der Waals surface area contributed by atoms with E-state index in [9.17, 15) is 9.90 Å². The van der Waals surface area contributed by atoms with E-state index in [0.29, 0.717) is 6.54 Å². The number of amides is 1. The standard InChI is InChI=1S/C35H35NO5S/c1-2-19-39-35(38)36-22-26-7-6-8-30(20-26)27-15-17-29(18-16-27)34-40-31(24-42-32-9-4-3-5-10-32)21-33(41-34)28-13-11-25(23-37)12-14-28/h2-18,20,31,33-34,37H,1,19,21-24H2,(H,36,38). The van der Waals surface area contributed by atoms with Gasteiger partial charge in [0, 0.05) is 29.2 Å². The molecule has 4 aromatic carbocycles. The number of aliphatic hydroxyl groups is 1. The van der Waals surface area contributed by atoms with Crippen LogP contribution in [0.4, 0.5) is 4.79 Å². The van der Waals surface area contributed by atoms with Gasteiger partial charge < -0.3 is 24.6 Å². The molecule has 0 aromatic heterocycles. The van der Waals surface area contributed by atoms with Gasteiger partial charge in [0.05, 0.1) is 18.8 Å². The van der Waals surface area contributed by atoms with Crippen LogP contribution in [-0.4, -0.2) is 29.7 Å². The Labute approximate surface area is 251 Å². The molecule has 0 radical (unpaired) electrons. The first kappa shape index (κ1) is 29.6. The number of thioether (sulfide) groups is 1. The van der Waals surface area contributed by atoms with Gasteiger partial charge >= 0.3 is 6.09 Å². The molecule has 5 rings (SSSR count). The molecule has 3 atom stereocenters. The molecule has 1 aliphatic rings. The van der Waals surface area contributed by atoms with Crippen molar-refractivity contribution in [2.45, 2.75) is 43.0 Å². The number of hydrogen-bond acceptors (Lipinski definition) is 6. The molecule has 1 aliphatic heterocycles. The van der Waals surface area contributed by atoms with Crippen molar-refractivity contribution in [3.8, 4) is 11.1 Å². The number of carbonyl (C=O) groups excluding carboxylic acids is 1. The zero-order valence-electron chi connectivity index (χ0n) is 23.4. The highest BCUT2D eigenvalue weighted by atomic mass is 32.2. The number of rotatable bonds is 11. The highest BCUT2D eigenvalue weighted by Crippen LogP contribution is 2.40. The zero-order valence-corrected chi connectivity index (χ0v) is 24.2. The summed E-state index contributed by atoms with van der Waals surface area (Å²) in [6.07, 6.45) is 1.17. The van der Waals surface area contributed by atoms with Crippen LogP contribution >= 0.6 is 11.8 Å². The molecular formula is C35H35NO5S. The first-order valence-corrected chi connectivity index (χ1v) is 15.0. The van der Waals surface area contributed by atoms with Gasteiger partial charge in [0.2, 0.25) is 0 Å². The summed E-state index contributed by atoms with van der Waals surface area (Å²) in [4.78, 5) is 13.0. The average Bonchev–Trinajstić information content (AvgIpc) is 3.06. The van der Waals surface area contributed by atoms with E-state index >= 15 is 0 Å². The predicted octanol–water partition coefficient (Wildman–Crippen LogP) is 7.60. The molecule has 1 amide bonds. The first-order chi connectivity index (χ1) is 20.6. The van der Waals surface area contributed by atoms with Crippen LogP contribution in [0.15, 0.2) is 121 Å². The van der Waals surface area contributed by atoms with Gasteiger partial charge in [-0.1, -0.05) is 97.6 Å². The summed E-state index contributed by atoms with van der Waals surface area (Å²) in [5.74, 6) is 0.815. The molecule has 0 bridgehead atoms. The van der Waals surface area contributed by atoms with Crippen molar-refractivity contribution >= 4 is 17.9 Å². The third kappa shape index (κ3) is 8.11. The number of aliphatic hydroxyl groups excluding tert-OH is 1. The normalized spacial score (nSPS) is 18.3. The van der Waals surface area contributed by atoms with Crippen molar-refractivity contribution < 1.29 is 24.1 Å². The van der Waals surface area contributed by atoms with E-state index in [-0.39, 0.29) is 25.4 Å². The number of ether oxygens (including phenoxy) is 3. The molecule has 6 nitrogen and oxygen atoms in total. The van der Waals surface area contributed by atoms with Crippen LogP contribution < -0.4 is 5.32 Å². The summed E-state index contributed by atoms with van der Waals surface area (Å²) >= 11 is 1.79. The second-order valence-corrected chi connectivity index (χ2v) is 11.1. The van der Waals surface area contributed by atoms with Gasteiger partial charge in [-0.25, -0.2) is 4.79 Å². The van der Waals surface area contributed by atoms with Crippen LogP contribution in [0.5, 0.6) is 0 Å². The zero-order chi connectivity index (χ0) is 29.1. The molecule has 4 aromatic rings. The van der Waals surface area contributed by atoms with Crippen molar-refractivity contribution in [1.82, 2.24) is 5.32 Å². The van der Waals surface area contributed by atoms with E-state index in [1.807, 2.05) is 60.7 Å². The third-order valence-corrected chi connectivity index (χ3v) is 8.15. The molecule has 0 spiro atoms. The highest BCUT2D eigenvalue weighted by Gasteiger charge is 2.32. The van der Waals surface area contributed by atoms with Gasteiger partial charge in [-0.05, 0) is 46.0 Å². The molecule has 2 N–H and O–H groups in total. The van der Waals surface area contributed by atoms with E-state index in [4.69, 9.17) is 14.2 Å². The van der Waals surface area contributed by atoms with Gasteiger partial charge in [0.1, 0.15) is 6.61 Å². The number of alkyl carbamates (subject to hydrolysis) is 1. The van der Waals surface area contributed by atoms with Gasteiger partial charge in [-0.15, -0.1) is 11.8 Å².